The molecule has 0 aliphatic heterocycles. The number of rotatable bonds is 7. The van der Waals surface area contributed by atoms with Gasteiger partial charge >= 0.3 is 5.97 Å². The maximum Gasteiger partial charge on any atom is 0.302 e. The highest BCUT2D eigenvalue weighted by Gasteiger charge is 2.29. The Kier molecular flexibility index (Phi) is 10.0. The number of hydrogen-bond donors (Lipinski definition) is 0. The van der Waals surface area contributed by atoms with E-state index in [1.54, 1.807) is 7.11 Å². The molecule has 134 valence electrons. The molecular formula is C18H32O4S. The second kappa shape index (κ2) is 10.6. The van der Waals surface area contributed by atoms with E-state index in [0.717, 1.165) is 11.3 Å². The molecule has 0 radical (unpaired) electrons. The third-order valence-corrected chi connectivity index (χ3v) is 6.77. The van der Waals surface area contributed by atoms with Gasteiger partial charge in [0.1, 0.15) is 6.61 Å². The highest BCUT2D eigenvalue weighted by Crippen LogP contribution is 2.57. The monoisotopic (exact) mass is 344 g/mol. The molecule has 1 rings (SSSR count). The van der Waals surface area contributed by atoms with Gasteiger partial charge in [0.15, 0.2) is 5.75 Å². The summed E-state index contributed by atoms with van der Waals surface area (Å²) < 4.78 is 16.9. The van der Waals surface area contributed by atoms with E-state index in [1.807, 2.05) is 38.1 Å². The zero-order valence-electron chi connectivity index (χ0n) is 15.7. The molecule has 1 aromatic rings. The summed E-state index contributed by atoms with van der Waals surface area (Å²) in [7, 11) is 0.0681. The van der Waals surface area contributed by atoms with Crippen LogP contribution < -0.4 is 4.18 Å². The topological polar surface area (TPSA) is 44.8 Å². The SMILES string of the molecule is CC.COS(Oc1ccc(COC(C)=O)cc1)(C(C)C)C(C)C. The summed E-state index contributed by atoms with van der Waals surface area (Å²) in [6.45, 7) is 14.2. The van der Waals surface area contributed by atoms with Gasteiger partial charge in [-0.05, 0) is 45.4 Å². The normalized spacial score (nSPS) is 11.7. The minimum Gasteiger partial charge on any atom is -0.461 e. The third kappa shape index (κ3) is 6.43. The summed E-state index contributed by atoms with van der Waals surface area (Å²) in [4.78, 5) is 10.8. The molecule has 0 saturated heterocycles. The number of benzene rings is 1. The molecule has 0 N–H and O–H groups in total. The first kappa shape index (κ1) is 21.8. The Morgan fingerprint density at radius 1 is 1.04 bits per heavy atom. The maximum absolute atomic E-state index is 10.8. The first-order valence-electron chi connectivity index (χ1n) is 8.10. The molecule has 0 heterocycles. The van der Waals surface area contributed by atoms with Crippen molar-refractivity contribution in [1.82, 2.24) is 0 Å². The van der Waals surface area contributed by atoms with Crippen molar-refractivity contribution < 1.29 is 17.9 Å². The van der Waals surface area contributed by atoms with Gasteiger partial charge in [-0.3, -0.25) is 8.98 Å². The average Bonchev–Trinajstić information content (AvgIpc) is 2.53. The van der Waals surface area contributed by atoms with Crippen molar-refractivity contribution in [2.24, 2.45) is 0 Å². The van der Waals surface area contributed by atoms with Crippen LogP contribution in [0.15, 0.2) is 24.3 Å². The maximum atomic E-state index is 10.8. The minimum atomic E-state index is -1.64. The van der Waals surface area contributed by atoms with Crippen LogP contribution in [0.3, 0.4) is 0 Å². The molecule has 0 bridgehead atoms. The lowest BCUT2D eigenvalue weighted by molar-refractivity contribution is -0.142. The van der Waals surface area contributed by atoms with Crippen molar-refractivity contribution in [1.29, 1.82) is 0 Å². The quantitative estimate of drug-likeness (QED) is 0.634. The second-order valence-corrected chi connectivity index (χ2v) is 8.92. The molecule has 0 spiro atoms. The van der Waals surface area contributed by atoms with Gasteiger partial charge in [-0.15, -0.1) is 10.6 Å². The molecular weight excluding hydrogens is 312 g/mol. The van der Waals surface area contributed by atoms with Gasteiger partial charge in [-0.1, -0.05) is 26.0 Å². The molecule has 0 aliphatic rings. The lowest BCUT2D eigenvalue weighted by Crippen LogP contribution is -2.27. The summed E-state index contributed by atoms with van der Waals surface area (Å²) in [5.74, 6) is 0.499. The summed E-state index contributed by atoms with van der Waals surface area (Å²) in [5, 5.41) is 0.589. The van der Waals surface area contributed by atoms with E-state index < -0.39 is 10.6 Å². The smallest absolute Gasteiger partial charge is 0.302 e. The van der Waals surface area contributed by atoms with Crippen LogP contribution in [0.25, 0.3) is 0 Å². The second-order valence-electron chi connectivity index (χ2n) is 5.36. The Balaban J connectivity index is 0.00000232. The molecule has 0 amide bonds. The number of hydrogen-bond acceptors (Lipinski definition) is 4. The van der Waals surface area contributed by atoms with Crippen LogP contribution in [0.5, 0.6) is 5.75 Å². The van der Waals surface area contributed by atoms with Crippen molar-refractivity contribution in [2.45, 2.75) is 65.6 Å². The summed E-state index contributed by atoms with van der Waals surface area (Å²) in [5.41, 5.74) is 0.935. The van der Waals surface area contributed by atoms with Gasteiger partial charge < -0.3 is 8.92 Å². The molecule has 0 aliphatic carbocycles. The molecule has 0 aromatic heterocycles. The molecule has 4 nitrogen and oxygen atoms in total. The predicted molar refractivity (Wildman–Crippen MR) is 98.8 cm³/mol. The zero-order chi connectivity index (χ0) is 18.0. The Morgan fingerprint density at radius 2 is 1.52 bits per heavy atom. The van der Waals surface area contributed by atoms with E-state index in [-0.39, 0.29) is 12.6 Å². The van der Waals surface area contributed by atoms with Gasteiger partial charge in [-0.25, -0.2) is 0 Å². The van der Waals surface area contributed by atoms with Gasteiger partial charge in [-0.2, -0.15) is 0 Å². The molecule has 0 fully saturated rings. The fourth-order valence-electron chi connectivity index (χ4n) is 2.13. The van der Waals surface area contributed by atoms with Crippen molar-refractivity contribution in [2.75, 3.05) is 7.11 Å². The van der Waals surface area contributed by atoms with Crippen molar-refractivity contribution in [3.8, 4) is 5.75 Å². The molecule has 0 saturated carbocycles. The first-order valence-corrected chi connectivity index (χ1v) is 9.71. The Labute approximate surface area is 143 Å². The van der Waals surface area contributed by atoms with E-state index >= 15 is 0 Å². The Hall–Kier alpha value is -1.20. The van der Waals surface area contributed by atoms with Crippen molar-refractivity contribution in [3.63, 3.8) is 0 Å². The van der Waals surface area contributed by atoms with Crippen molar-refractivity contribution in [3.05, 3.63) is 29.8 Å². The fourth-order valence-corrected chi connectivity index (χ4v) is 4.86. The summed E-state index contributed by atoms with van der Waals surface area (Å²) >= 11 is 0. The lowest BCUT2D eigenvalue weighted by atomic mass is 10.2. The van der Waals surface area contributed by atoms with Crippen molar-refractivity contribution >= 4 is 16.6 Å². The van der Waals surface area contributed by atoms with E-state index in [1.165, 1.54) is 6.92 Å². The highest BCUT2D eigenvalue weighted by molar-refractivity contribution is 8.27. The van der Waals surface area contributed by atoms with E-state index in [9.17, 15) is 4.79 Å². The van der Waals surface area contributed by atoms with Gasteiger partial charge in [0.2, 0.25) is 0 Å². The van der Waals surface area contributed by atoms with E-state index in [0.29, 0.717) is 10.5 Å². The van der Waals surface area contributed by atoms with Crippen LogP contribution in [-0.2, 0) is 20.3 Å². The fraction of sp³-hybridized carbons (Fsp3) is 0.611. The molecule has 5 heteroatoms. The summed E-state index contributed by atoms with van der Waals surface area (Å²) in [6, 6.07) is 7.59. The largest absolute Gasteiger partial charge is 0.461 e. The highest BCUT2D eigenvalue weighted by atomic mass is 32.3. The Morgan fingerprint density at radius 3 is 1.87 bits per heavy atom. The number of esters is 1. The van der Waals surface area contributed by atoms with Crippen LogP contribution in [0.1, 0.15) is 54.0 Å². The molecule has 1 aromatic carbocycles. The summed E-state index contributed by atoms with van der Waals surface area (Å²) in [6.07, 6.45) is 0. The van der Waals surface area contributed by atoms with Crippen LogP contribution in [0.4, 0.5) is 0 Å². The van der Waals surface area contributed by atoms with Crippen LogP contribution >= 0.6 is 10.6 Å². The lowest BCUT2D eigenvalue weighted by Gasteiger charge is -2.49. The first-order chi connectivity index (χ1) is 10.8. The standard InChI is InChI=1S/C16H26O4S.C2H6/c1-12(2)21(18-6,13(3)4)20-16-9-7-15(8-10-16)11-19-14(5)17;1-2/h7-10,12-13H,11H2,1-6H3;1-2H3. The number of carbonyl (C=O) groups excluding carboxylic acids is 1. The number of carbonyl (C=O) groups is 1. The van der Waals surface area contributed by atoms with E-state index in [4.69, 9.17) is 13.1 Å². The average molecular weight is 345 g/mol. The molecule has 0 atom stereocenters. The molecule has 0 unspecified atom stereocenters. The number of ether oxygens (including phenoxy) is 1. The predicted octanol–water partition coefficient (Wildman–Crippen LogP) is 5.25. The van der Waals surface area contributed by atoms with Crippen LogP contribution in [-0.4, -0.2) is 23.6 Å². The van der Waals surface area contributed by atoms with E-state index in [2.05, 4.69) is 27.7 Å². The van der Waals surface area contributed by atoms with Gasteiger partial charge in [0, 0.05) is 6.92 Å². The van der Waals surface area contributed by atoms with Crippen LogP contribution in [0, 0.1) is 0 Å². The van der Waals surface area contributed by atoms with Crippen LogP contribution in [0.2, 0.25) is 0 Å². The van der Waals surface area contributed by atoms with Gasteiger partial charge in [0.25, 0.3) is 0 Å². The Bertz CT molecular complexity index is 447. The molecule has 23 heavy (non-hydrogen) atoms. The third-order valence-electron chi connectivity index (χ3n) is 3.17. The zero-order valence-corrected chi connectivity index (χ0v) is 16.5. The van der Waals surface area contributed by atoms with Gasteiger partial charge in [0.05, 0.1) is 17.6 Å². The minimum absolute atomic E-state index is 0.280.